The lowest BCUT2D eigenvalue weighted by Crippen LogP contribution is -2.06. The molecule has 0 spiro atoms. The summed E-state index contributed by atoms with van der Waals surface area (Å²) in [5, 5.41) is 3.44. The zero-order valence-electron chi connectivity index (χ0n) is 11.0. The average molecular weight is 295 g/mol. The van der Waals surface area contributed by atoms with Gasteiger partial charge in [0.1, 0.15) is 18.2 Å². The number of benzene rings is 1. The Morgan fingerprint density at radius 1 is 1.40 bits per heavy atom. The number of nitrogens with zero attached hydrogens (tertiary/aromatic N) is 4. The summed E-state index contributed by atoms with van der Waals surface area (Å²) in [6, 6.07) is 4.44. The number of aromatic nitrogens is 4. The van der Waals surface area contributed by atoms with Crippen LogP contribution in [0, 0.1) is 12.7 Å². The number of hydrogen-bond acceptors (Lipinski definition) is 4. The largest absolute Gasteiger partial charge is 0.337 e. The third kappa shape index (κ3) is 2.27. The molecule has 0 aliphatic carbocycles. The quantitative estimate of drug-likeness (QED) is 0.696. The molecule has 3 aromatic rings. The summed E-state index contributed by atoms with van der Waals surface area (Å²) in [5.74, 6) is 1.34. The zero-order valence-corrected chi connectivity index (χ0v) is 11.7. The maximum absolute atomic E-state index is 13.3. The second kappa shape index (κ2) is 4.86. The first-order valence-electron chi connectivity index (χ1n) is 6.13. The number of fused-ring (bicyclic) bond motifs is 1. The minimum atomic E-state index is -0.329. The first-order chi connectivity index (χ1) is 9.54. The van der Waals surface area contributed by atoms with E-state index in [2.05, 4.69) is 15.1 Å². The standard InChI is InChI=1S/C13H12ClFN4O/c1-7(14)13-17-10-5-9(15)3-4-11(10)19(13)6-12-16-8(2)18-20-12/h3-5,7H,6H2,1-2H3. The maximum Gasteiger partial charge on any atom is 0.246 e. The Morgan fingerprint density at radius 2 is 2.20 bits per heavy atom. The normalized spacial score (nSPS) is 13.0. The van der Waals surface area contributed by atoms with Crippen LogP contribution in [0.3, 0.4) is 0 Å². The van der Waals surface area contributed by atoms with E-state index in [1.165, 1.54) is 12.1 Å². The minimum Gasteiger partial charge on any atom is -0.337 e. The van der Waals surface area contributed by atoms with E-state index in [1.54, 1.807) is 13.0 Å². The summed E-state index contributed by atoms with van der Waals surface area (Å²) in [5.41, 5.74) is 1.34. The number of alkyl halides is 1. The van der Waals surface area contributed by atoms with Crippen molar-refractivity contribution in [3.05, 3.63) is 41.6 Å². The molecular weight excluding hydrogens is 283 g/mol. The van der Waals surface area contributed by atoms with Crippen molar-refractivity contribution in [3.63, 3.8) is 0 Å². The predicted octanol–water partition coefficient (Wildman–Crippen LogP) is 3.21. The summed E-state index contributed by atoms with van der Waals surface area (Å²) in [6.45, 7) is 3.92. The van der Waals surface area contributed by atoms with Gasteiger partial charge >= 0.3 is 0 Å². The minimum absolute atomic E-state index is 0.311. The molecular formula is C13H12ClFN4O. The van der Waals surface area contributed by atoms with Gasteiger partial charge in [0, 0.05) is 6.07 Å². The van der Waals surface area contributed by atoms with E-state index in [1.807, 2.05) is 11.5 Å². The summed E-state index contributed by atoms with van der Waals surface area (Å²) in [4.78, 5) is 8.54. The Hall–Kier alpha value is -1.95. The molecule has 1 aromatic carbocycles. The van der Waals surface area contributed by atoms with Crippen LogP contribution >= 0.6 is 11.6 Å². The Labute approximate surface area is 119 Å². The number of aryl methyl sites for hydroxylation is 1. The molecule has 0 amide bonds. The molecule has 1 unspecified atom stereocenters. The van der Waals surface area contributed by atoms with Gasteiger partial charge < -0.3 is 9.09 Å². The Bertz CT molecular complexity index is 765. The molecule has 3 rings (SSSR count). The van der Waals surface area contributed by atoms with Crippen LogP contribution in [0.5, 0.6) is 0 Å². The van der Waals surface area contributed by atoms with Gasteiger partial charge in [0.05, 0.1) is 16.4 Å². The molecule has 5 nitrogen and oxygen atoms in total. The highest BCUT2D eigenvalue weighted by Gasteiger charge is 2.17. The number of imidazole rings is 1. The molecule has 0 saturated carbocycles. The highest BCUT2D eigenvalue weighted by molar-refractivity contribution is 6.20. The molecule has 0 bridgehead atoms. The molecule has 104 valence electrons. The molecule has 1 atom stereocenters. The summed E-state index contributed by atoms with van der Waals surface area (Å²) >= 11 is 6.15. The molecule has 2 heterocycles. The van der Waals surface area contributed by atoms with E-state index in [0.717, 1.165) is 5.52 Å². The van der Waals surface area contributed by atoms with Gasteiger partial charge in [0.15, 0.2) is 5.82 Å². The van der Waals surface area contributed by atoms with Gasteiger partial charge in [-0.1, -0.05) is 5.16 Å². The van der Waals surface area contributed by atoms with Crippen molar-refractivity contribution >= 4 is 22.6 Å². The lowest BCUT2D eigenvalue weighted by atomic mass is 10.3. The molecule has 0 saturated heterocycles. The topological polar surface area (TPSA) is 56.7 Å². The van der Waals surface area contributed by atoms with Gasteiger partial charge in [-0.3, -0.25) is 0 Å². The summed E-state index contributed by atoms with van der Waals surface area (Å²) in [7, 11) is 0. The van der Waals surface area contributed by atoms with Gasteiger partial charge in [0.2, 0.25) is 5.89 Å². The van der Waals surface area contributed by atoms with E-state index >= 15 is 0 Å². The van der Waals surface area contributed by atoms with Crippen molar-refractivity contribution in [2.45, 2.75) is 25.8 Å². The molecule has 2 aromatic heterocycles. The lowest BCUT2D eigenvalue weighted by Gasteiger charge is -2.07. The lowest BCUT2D eigenvalue weighted by molar-refractivity contribution is 0.367. The number of hydrogen-bond donors (Lipinski definition) is 0. The van der Waals surface area contributed by atoms with E-state index in [-0.39, 0.29) is 11.2 Å². The second-order valence-corrected chi connectivity index (χ2v) is 5.20. The fourth-order valence-corrected chi connectivity index (χ4v) is 2.30. The predicted molar refractivity (Wildman–Crippen MR) is 72.1 cm³/mol. The van der Waals surface area contributed by atoms with Gasteiger partial charge in [-0.2, -0.15) is 4.98 Å². The summed E-state index contributed by atoms with van der Waals surface area (Å²) < 4.78 is 20.3. The molecule has 20 heavy (non-hydrogen) atoms. The van der Waals surface area contributed by atoms with E-state index in [4.69, 9.17) is 16.1 Å². The average Bonchev–Trinajstić information content (AvgIpc) is 2.94. The van der Waals surface area contributed by atoms with Crippen LogP contribution in [0.15, 0.2) is 22.7 Å². The third-order valence-electron chi connectivity index (χ3n) is 2.96. The van der Waals surface area contributed by atoms with Crippen LogP contribution in [-0.2, 0) is 6.54 Å². The van der Waals surface area contributed by atoms with Crippen molar-refractivity contribution in [2.24, 2.45) is 0 Å². The molecule has 7 heteroatoms. The monoisotopic (exact) mass is 294 g/mol. The van der Waals surface area contributed by atoms with Crippen molar-refractivity contribution in [1.82, 2.24) is 19.7 Å². The van der Waals surface area contributed by atoms with Gasteiger partial charge in [-0.25, -0.2) is 9.37 Å². The SMILES string of the molecule is Cc1noc(Cn2c(C(C)Cl)nc3cc(F)ccc32)n1. The fraction of sp³-hybridized carbons (Fsp3) is 0.308. The van der Waals surface area contributed by atoms with Gasteiger partial charge in [0.25, 0.3) is 0 Å². The molecule has 0 fully saturated rings. The second-order valence-electron chi connectivity index (χ2n) is 4.54. The number of rotatable bonds is 3. The first-order valence-corrected chi connectivity index (χ1v) is 6.57. The first kappa shape index (κ1) is 13.1. The van der Waals surface area contributed by atoms with Crippen molar-refractivity contribution in [1.29, 1.82) is 0 Å². The Balaban J connectivity index is 2.13. The van der Waals surface area contributed by atoms with Crippen LogP contribution in [0.1, 0.15) is 29.8 Å². The highest BCUT2D eigenvalue weighted by atomic mass is 35.5. The third-order valence-corrected chi connectivity index (χ3v) is 3.15. The van der Waals surface area contributed by atoms with Crippen molar-refractivity contribution < 1.29 is 8.91 Å². The molecule has 0 radical (unpaired) electrons. The van der Waals surface area contributed by atoms with E-state index in [9.17, 15) is 4.39 Å². The zero-order chi connectivity index (χ0) is 14.3. The Morgan fingerprint density at radius 3 is 2.85 bits per heavy atom. The maximum atomic E-state index is 13.3. The van der Waals surface area contributed by atoms with E-state index in [0.29, 0.717) is 29.6 Å². The molecule has 0 aliphatic heterocycles. The fourth-order valence-electron chi connectivity index (χ4n) is 2.13. The van der Waals surface area contributed by atoms with Crippen LogP contribution in [0.25, 0.3) is 11.0 Å². The Kier molecular flexibility index (Phi) is 3.17. The van der Waals surface area contributed by atoms with Crippen molar-refractivity contribution in [3.8, 4) is 0 Å². The summed E-state index contributed by atoms with van der Waals surface area (Å²) in [6.07, 6.45) is 0. The van der Waals surface area contributed by atoms with Crippen LogP contribution < -0.4 is 0 Å². The molecule has 0 aliphatic rings. The molecule has 0 N–H and O–H groups in total. The number of halogens is 2. The van der Waals surface area contributed by atoms with Gasteiger partial charge in [-0.15, -0.1) is 11.6 Å². The van der Waals surface area contributed by atoms with Crippen LogP contribution in [0.4, 0.5) is 4.39 Å². The van der Waals surface area contributed by atoms with E-state index < -0.39 is 0 Å². The van der Waals surface area contributed by atoms with Gasteiger partial charge in [-0.05, 0) is 26.0 Å². The van der Waals surface area contributed by atoms with Crippen molar-refractivity contribution in [2.75, 3.05) is 0 Å². The highest BCUT2D eigenvalue weighted by Crippen LogP contribution is 2.25. The van der Waals surface area contributed by atoms with Crippen LogP contribution in [0.2, 0.25) is 0 Å². The van der Waals surface area contributed by atoms with Crippen LogP contribution in [-0.4, -0.2) is 19.7 Å². The smallest absolute Gasteiger partial charge is 0.246 e.